The maximum absolute atomic E-state index is 11.4. The monoisotopic (exact) mass is 234 g/mol. The summed E-state index contributed by atoms with van der Waals surface area (Å²) in [5.74, 6) is 0.922. The van der Waals surface area contributed by atoms with Crippen LogP contribution in [0.25, 0.3) is 0 Å². The Balaban J connectivity index is 2.12. The van der Waals surface area contributed by atoms with Crippen molar-refractivity contribution in [1.29, 1.82) is 0 Å². The lowest BCUT2D eigenvalue weighted by Gasteiger charge is -2.09. The predicted molar refractivity (Wildman–Crippen MR) is 62.3 cm³/mol. The van der Waals surface area contributed by atoms with Gasteiger partial charge in [-0.1, -0.05) is 13.3 Å². The van der Waals surface area contributed by atoms with E-state index in [4.69, 9.17) is 0 Å². The molecule has 0 spiro atoms. The van der Waals surface area contributed by atoms with Gasteiger partial charge in [-0.15, -0.1) is 0 Å². The van der Waals surface area contributed by atoms with Crippen molar-refractivity contribution in [1.82, 2.24) is 10.0 Å². The van der Waals surface area contributed by atoms with Crippen LogP contribution in [0.4, 0.5) is 0 Å². The Bertz CT molecular complexity index is 259. The number of hydrogen-bond donors (Lipinski definition) is 2. The van der Waals surface area contributed by atoms with Gasteiger partial charge in [0.1, 0.15) is 0 Å². The van der Waals surface area contributed by atoms with Crippen molar-refractivity contribution in [2.24, 2.45) is 5.92 Å². The molecule has 1 aliphatic heterocycles. The van der Waals surface area contributed by atoms with E-state index < -0.39 is 10.0 Å². The standard InChI is InChI=1S/C10H22N2O2S/c1-2-3-8-15(13,14)12-7-5-10-4-6-11-9-10/h10-12H,2-9H2,1H3. The van der Waals surface area contributed by atoms with Crippen LogP contribution in [-0.2, 0) is 10.0 Å². The van der Waals surface area contributed by atoms with Crippen LogP contribution in [0, 0.1) is 5.92 Å². The average molecular weight is 234 g/mol. The summed E-state index contributed by atoms with van der Waals surface area (Å²) in [6.07, 6.45) is 3.81. The first-order valence-corrected chi connectivity index (χ1v) is 7.47. The van der Waals surface area contributed by atoms with Crippen molar-refractivity contribution in [3.8, 4) is 0 Å². The highest BCUT2D eigenvalue weighted by atomic mass is 32.2. The third kappa shape index (κ3) is 5.49. The SMILES string of the molecule is CCCCS(=O)(=O)NCCC1CCNC1. The van der Waals surface area contributed by atoms with Gasteiger partial charge in [-0.05, 0) is 38.3 Å². The highest BCUT2D eigenvalue weighted by Crippen LogP contribution is 2.10. The van der Waals surface area contributed by atoms with Crippen LogP contribution in [0.15, 0.2) is 0 Å². The fraction of sp³-hybridized carbons (Fsp3) is 1.00. The van der Waals surface area contributed by atoms with Crippen LogP contribution in [-0.4, -0.2) is 33.8 Å². The fourth-order valence-electron chi connectivity index (χ4n) is 1.79. The Labute approximate surface area is 92.9 Å². The number of hydrogen-bond acceptors (Lipinski definition) is 3. The summed E-state index contributed by atoms with van der Waals surface area (Å²) < 4.78 is 25.5. The lowest BCUT2D eigenvalue weighted by molar-refractivity contribution is 0.518. The summed E-state index contributed by atoms with van der Waals surface area (Å²) >= 11 is 0. The zero-order chi connectivity index (χ0) is 11.1. The van der Waals surface area contributed by atoms with Crippen molar-refractivity contribution in [3.63, 3.8) is 0 Å². The molecule has 0 aromatic heterocycles. The topological polar surface area (TPSA) is 58.2 Å². The molecule has 0 aromatic rings. The fourth-order valence-corrected chi connectivity index (χ4v) is 3.03. The van der Waals surface area contributed by atoms with Crippen LogP contribution in [0.1, 0.15) is 32.6 Å². The number of rotatable bonds is 7. The summed E-state index contributed by atoms with van der Waals surface area (Å²) in [6, 6.07) is 0. The molecule has 1 heterocycles. The highest BCUT2D eigenvalue weighted by molar-refractivity contribution is 7.89. The Kier molecular flexibility index (Phi) is 5.56. The lowest BCUT2D eigenvalue weighted by atomic mass is 10.1. The van der Waals surface area contributed by atoms with E-state index in [2.05, 4.69) is 10.0 Å². The Morgan fingerprint density at radius 1 is 1.47 bits per heavy atom. The molecule has 0 amide bonds. The summed E-state index contributed by atoms with van der Waals surface area (Å²) in [4.78, 5) is 0. The second-order valence-corrected chi connectivity index (χ2v) is 6.14. The second kappa shape index (κ2) is 6.45. The number of nitrogens with one attached hydrogen (secondary N) is 2. The molecule has 4 nitrogen and oxygen atoms in total. The van der Waals surface area contributed by atoms with Crippen molar-refractivity contribution in [3.05, 3.63) is 0 Å². The summed E-state index contributed by atoms with van der Waals surface area (Å²) in [5, 5.41) is 3.28. The van der Waals surface area contributed by atoms with Crippen LogP contribution in [0.5, 0.6) is 0 Å². The zero-order valence-electron chi connectivity index (χ0n) is 9.46. The molecule has 2 N–H and O–H groups in total. The Morgan fingerprint density at radius 2 is 2.27 bits per heavy atom. The van der Waals surface area contributed by atoms with Gasteiger partial charge < -0.3 is 5.32 Å². The largest absolute Gasteiger partial charge is 0.316 e. The molecule has 5 heteroatoms. The molecule has 0 saturated carbocycles. The Hall–Kier alpha value is -0.130. The molecule has 1 aliphatic rings. The molecule has 1 unspecified atom stereocenters. The molecule has 0 bridgehead atoms. The van der Waals surface area contributed by atoms with E-state index in [1.54, 1.807) is 0 Å². The molecule has 0 aliphatic carbocycles. The van der Waals surface area contributed by atoms with Crippen LogP contribution in [0.3, 0.4) is 0 Å². The van der Waals surface area contributed by atoms with Gasteiger partial charge in [-0.2, -0.15) is 0 Å². The van der Waals surface area contributed by atoms with Crippen molar-refractivity contribution >= 4 is 10.0 Å². The molecule has 1 atom stereocenters. The minimum atomic E-state index is -3.01. The zero-order valence-corrected chi connectivity index (χ0v) is 10.3. The van der Waals surface area contributed by atoms with Gasteiger partial charge in [0.15, 0.2) is 0 Å². The van der Waals surface area contributed by atoms with E-state index in [0.717, 1.165) is 32.4 Å². The smallest absolute Gasteiger partial charge is 0.211 e. The van der Waals surface area contributed by atoms with Gasteiger partial charge in [-0.25, -0.2) is 13.1 Å². The lowest BCUT2D eigenvalue weighted by Crippen LogP contribution is -2.28. The number of unbranched alkanes of at least 4 members (excludes halogenated alkanes) is 1. The van der Waals surface area contributed by atoms with Gasteiger partial charge in [0, 0.05) is 6.54 Å². The average Bonchev–Trinajstić information content (AvgIpc) is 2.67. The summed E-state index contributed by atoms with van der Waals surface area (Å²) in [7, 11) is -3.01. The molecule has 90 valence electrons. The molecule has 1 saturated heterocycles. The van der Waals surface area contributed by atoms with E-state index >= 15 is 0 Å². The molecule has 0 aromatic carbocycles. The summed E-state index contributed by atoms with van der Waals surface area (Å²) in [6.45, 7) is 4.71. The third-order valence-corrected chi connectivity index (χ3v) is 4.27. The van der Waals surface area contributed by atoms with Crippen LogP contribution >= 0.6 is 0 Å². The molecule has 1 rings (SSSR count). The van der Waals surface area contributed by atoms with Gasteiger partial charge >= 0.3 is 0 Å². The first-order valence-electron chi connectivity index (χ1n) is 5.82. The predicted octanol–water partition coefficient (Wildman–Crippen LogP) is 0.706. The van der Waals surface area contributed by atoms with Crippen LogP contribution in [0.2, 0.25) is 0 Å². The van der Waals surface area contributed by atoms with Crippen molar-refractivity contribution in [2.45, 2.75) is 32.6 Å². The van der Waals surface area contributed by atoms with Crippen molar-refractivity contribution < 1.29 is 8.42 Å². The van der Waals surface area contributed by atoms with Gasteiger partial charge in [0.05, 0.1) is 5.75 Å². The van der Waals surface area contributed by atoms with E-state index in [0.29, 0.717) is 12.5 Å². The molecular formula is C10H22N2O2S. The van der Waals surface area contributed by atoms with Crippen molar-refractivity contribution in [2.75, 3.05) is 25.4 Å². The maximum atomic E-state index is 11.4. The normalized spacial score (nSPS) is 22.1. The van der Waals surface area contributed by atoms with E-state index in [-0.39, 0.29) is 5.75 Å². The number of sulfonamides is 1. The quantitative estimate of drug-likeness (QED) is 0.682. The maximum Gasteiger partial charge on any atom is 0.211 e. The minimum Gasteiger partial charge on any atom is -0.316 e. The van der Waals surface area contributed by atoms with E-state index in [1.807, 2.05) is 6.92 Å². The van der Waals surface area contributed by atoms with E-state index in [9.17, 15) is 8.42 Å². The van der Waals surface area contributed by atoms with Crippen LogP contribution < -0.4 is 10.0 Å². The third-order valence-electron chi connectivity index (χ3n) is 2.80. The first-order chi connectivity index (χ1) is 7.14. The molecule has 0 radical (unpaired) electrons. The van der Waals surface area contributed by atoms with Gasteiger partial charge in [0.25, 0.3) is 0 Å². The first kappa shape index (κ1) is 12.9. The minimum absolute atomic E-state index is 0.270. The summed E-state index contributed by atoms with van der Waals surface area (Å²) in [5.41, 5.74) is 0. The molecule has 1 fully saturated rings. The van der Waals surface area contributed by atoms with Gasteiger partial charge in [-0.3, -0.25) is 0 Å². The van der Waals surface area contributed by atoms with Gasteiger partial charge in [0.2, 0.25) is 10.0 Å². The molecule has 15 heavy (non-hydrogen) atoms. The Morgan fingerprint density at radius 3 is 2.87 bits per heavy atom. The van der Waals surface area contributed by atoms with E-state index in [1.165, 1.54) is 6.42 Å². The molecular weight excluding hydrogens is 212 g/mol. The second-order valence-electron chi connectivity index (χ2n) is 4.21. The highest BCUT2D eigenvalue weighted by Gasteiger charge is 2.15.